The Bertz CT molecular complexity index is 1190. The van der Waals surface area contributed by atoms with Gasteiger partial charge in [-0.3, -0.25) is 10.1 Å². The maximum absolute atomic E-state index is 13.2. The quantitative estimate of drug-likeness (QED) is 0.463. The van der Waals surface area contributed by atoms with Crippen LogP contribution < -0.4 is 5.32 Å². The topological polar surface area (TPSA) is 55.4 Å². The molecule has 4 heteroatoms. The van der Waals surface area contributed by atoms with Crippen LogP contribution in [0.4, 0.5) is 10.5 Å². The summed E-state index contributed by atoms with van der Waals surface area (Å²) in [6.45, 7) is 5.45. The lowest BCUT2D eigenvalue weighted by Gasteiger charge is -2.21. The Morgan fingerprint density at radius 1 is 0.938 bits per heavy atom. The van der Waals surface area contributed by atoms with Crippen LogP contribution in [0, 0.1) is 0 Å². The number of amides is 1. The van der Waals surface area contributed by atoms with Gasteiger partial charge in [-0.2, -0.15) is 0 Å². The molecule has 162 valence electrons. The summed E-state index contributed by atoms with van der Waals surface area (Å²) < 4.78 is 5.41. The molecular formula is C28H27NO3. The molecule has 1 amide bonds. The Morgan fingerprint density at radius 2 is 1.72 bits per heavy atom. The molecule has 0 heterocycles. The number of carbonyl (C=O) groups excluding carboxylic acids is 2. The van der Waals surface area contributed by atoms with E-state index in [0.717, 1.165) is 28.7 Å². The molecule has 3 aromatic rings. The summed E-state index contributed by atoms with van der Waals surface area (Å²) in [6, 6.07) is 21.6. The minimum atomic E-state index is -0.609. The van der Waals surface area contributed by atoms with Crippen molar-refractivity contribution in [2.24, 2.45) is 0 Å². The van der Waals surface area contributed by atoms with E-state index in [0.29, 0.717) is 11.3 Å². The van der Waals surface area contributed by atoms with Crippen molar-refractivity contribution in [3.05, 3.63) is 95.1 Å². The van der Waals surface area contributed by atoms with Crippen LogP contribution in [0.1, 0.15) is 47.8 Å². The smallest absolute Gasteiger partial charge is 0.412 e. The van der Waals surface area contributed by atoms with Crippen LogP contribution in [-0.4, -0.2) is 17.5 Å². The van der Waals surface area contributed by atoms with Crippen molar-refractivity contribution in [1.29, 1.82) is 0 Å². The molecule has 0 aromatic heterocycles. The summed E-state index contributed by atoms with van der Waals surface area (Å²) in [5.74, 6) is 0.00514. The SMILES string of the molecule is CC(C)(C)OC(=O)Nc1ccc(-c2ccccc2)cc1CC(=O)c1ccc2c(c1)C=CC2. The van der Waals surface area contributed by atoms with Crippen LogP contribution in [0.2, 0.25) is 0 Å². The van der Waals surface area contributed by atoms with Gasteiger partial charge in [0.05, 0.1) is 0 Å². The van der Waals surface area contributed by atoms with E-state index in [4.69, 9.17) is 4.74 Å². The predicted molar refractivity (Wildman–Crippen MR) is 129 cm³/mol. The molecule has 0 saturated heterocycles. The number of ether oxygens (including phenoxy) is 1. The molecule has 1 aliphatic rings. The van der Waals surface area contributed by atoms with Crippen molar-refractivity contribution in [2.45, 2.75) is 39.2 Å². The van der Waals surface area contributed by atoms with Gasteiger partial charge in [0.2, 0.25) is 0 Å². The first-order chi connectivity index (χ1) is 15.3. The summed E-state index contributed by atoms with van der Waals surface area (Å²) in [5, 5.41) is 2.82. The van der Waals surface area contributed by atoms with Crippen LogP contribution in [0.25, 0.3) is 17.2 Å². The van der Waals surface area contributed by atoms with Crippen LogP contribution in [0.5, 0.6) is 0 Å². The standard InChI is InChI=1S/C28H27NO3/c1-28(2,3)32-27(31)29-25-15-14-22(19-8-5-4-6-9-19)17-24(25)18-26(30)23-13-12-20-10-7-11-21(20)16-23/h4-9,11-17H,10,18H2,1-3H3,(H,29,31). The molecule has 32 heavy (non-hydrogen) atoms. The van der Waals surface area contributed by atoms with E-state index in [1.165, 1.54) is 5.56 Å². The van der Waals surface area contributed by atoms with Gasteiger partial charge in [-0.15, -0.1) is 0 Å². The Labute approximate surface area is 188 Å². The van der Waals surface area contributed by atoms with E-state index in [9.17, 15) is 9.59 Å². The lowest BCUT2D eigenvalue weighted by Crippen LogP contribution is -2.27. The van der Waals surface area contributed by atoms with Crippen molar-refractivity contribution in [3.8, 4) is 11.1 Å². The van der Waals surface area contributed by atoms with Crippen molar-refractivity contribution >= 4 is 23.6 Å². The number of benzene rings is 3. The van der Waals surface area contributed by atoms with Gasteiger partial charge in [-0.1, -0.05) is 60.7 Å². The zero-order valence-corrected chi connectivity index (χ0v) is 18.6. The van der Waals surface area contributed by atoms with E-state index in [1.807, 2.05) is 87.5 Å². The fourth-order valence-electron chi connectivity index (χ4n) is 3.78. The number of carbonyl (C=O) groups is 2. The third-order valence-corrected chi connectivity index (χ3v) is 5.30. The van der Waals surface area contributed by atoms with Gasteiger partial charge in [0.1, 0.15) is 5.60 Å². The summed E-state index contributed by atoms with van der Waals surface area (Å²) in [5.41, 5.74) is 5.76. The average Bonchev–Trinajstić information content (AvgIpc) is 3.22. The number of allylic oxidation sites excluding steroid dienone is 1. The minimum absolute atomic E-state index is 0.00514. The van der Waals surface area contributed by atoms with Gasteiger partial charge < -0.3 is 4.74 Å². The second-order valence-corrected chi connectivity index (χ2v) is 8.98. The second kappa shape index (κ2) is 8.83. The molecule has 0 fully saturated rings. The zero-order chi connectivity index (χ0) is 22.7. The molecule has 0 bridgehead atoms. The number of hydrogen-bond acceptors (Lipinski definition) is 3. The molecule has 0 saturated carbocycles. The van der Waals surface area contributed by atoms with E-state index in [1.54, 1.807) is 0 Å². The summed E-state index contributed by atoms with van der Waals surface area (Å²) >= 11 is 0. The normalized spacial score (nSPS) is 12.3. The van der Waals surface area contributed by atoms with Crippen molar-refractivity contribution in [2.75, 3.05) is 5.32 Å². The number of fused-ring (bicyclic) bond motifs is 1. The summed E-state index contributed by atoms with van der Waals surface area (Å²) in [6.07, 6.45) is 4.70. The van der Waals surface area contributed by atoms with E-state index in [-0.39, 0.29) is 12.2 Å². The van der Waals surface area contributed by atoms with Crippen LogP contribution in [-0.2, 0) is 17.6 Å². The van der Waals surface area contributed by atoms with E-state index < -0.39 is 11.7 Å². The molecule has 3 aromatic carbocycles. The second-order valence-electron chi connectivity index (χ2n) is 8.98. The highest BCUT2D eigenvalue weighted by Crippen LogP contribution is 2.28. The van der Waals surface area contributed by atoms with Gasteiger partial charge in [0.15, 0.2) is 5.78 Å². The third-order valence-electron chi connectivity index (χ3n) is 5.30. The number of ketones is 1. The minimum Gasteiger partial charge on any atom is -0.444 e. The molecule has 0 radical (unpaired) electrons. The number of nitrogens with one attached hydrogen (secondary N) is 1. The lowest BCUT2D eigenvalue weighted by atomic mass is 9.95. The van der Waals surface area contributed by atoms with E-state index in [2.05, 4.69) is 17.5 Å². The largest absolute Gasteiger partial charge is 0.444 e. The van der Waals surface area contributed by atoms with Crippen molar-refractivity contribution in [3.63, 3.8) is 0 Å². The highest BCUT2D eigenvalue weighted by atomic mass is 16.6. The van der Waals surface area contributed by atoms with Gasteiger partial charge in [-0.25, -0.2) is 4.79 Å². The molecule has 1 N–H and O–H groups in total. The van der Waals surface area contributed by atoms with Gasteiger partial charge in [-0.05, 0) is 73.2 Å². The molecular weight excluding hydrogens is 398 g/mol. The molecule has 0 aliphatic heterocycles. The Morgan fingerprint density at radius 3 is 2.47 bits per heavy atom. The first-order valence-electron chi connectivity index (χ1n) is 10.8. The molecule has 1 aliphatic carbocycles. The maximum atomic E-state index is 13.2. The molecule has 0 atom stereocenters. The van der Waals surface area contributed by atoms with Crippen LogP contribution >= 0.6 is 0 Å². The monoisotopic (exact) mass is 425 g/mol. The van der Waals surface area contributed by atoms with Gasteiger partial charge in [0, 0.05) is 17.7 Å². The van der Waals surface area contributed by atoms with Gasteiger partial charge in [0.25, 0.3) is 0 Å². The number of rotatable bonds is 5. The number of Topliss-reactive ketones (excluding diaryl/α,β-unsaturated/α-hetero) is 1. The first kappa shape index (κ1) is 21.6. The Hall–Kier alpha value is -3.66. The molecule has 0 spiro atoms. The fraction of sp³-hybridized carbons (Fsp3) is 0.214. The third kappa shape index (κ3) is 5.14. The molecule has 4 rings (SSSR count). The Balaban J connectivity index is 1.64. The predicted octanol–water partition coefficient (Wildman–Crippen LogP) is 6.70. The highest BCUT2D eigenvalue weighted by molar-refractivity contribution is 6.00. The summed E-state index contributed by atoms with van der Waals surface area (Å²) in [4.78, 5) is 25.6. The maximum Gasteiger partial charge on any atom is 0.412 e. The highest BCUT2D eigenvalue weighted by Gasteiger charge is 2.19. The molecule has 4 nitrogen and oxygen atoms in total. The van der Waals surface area contributed by atoms with Crippen molar-refractivity contribution < 1.29 is 14.3 Å². The zero-order valence-electron chi connectivity index (χ0n) is 18.6. The average molecular weight is 426 g/mol. The fourth-order valence-corrected chi connectivity index (χ4v) is 3.78. The first-order valence-corrected chi connectivity index (χ1v) is 10.8. The van der Waals surface area contributed by atoms with Crippen LogP contribution in [0.3, 0.4) is 0 Å². The Kier molecular flexibility index (Phi) is 5.95. The number of hydrogen-bond donors (Lipinski definition) is 1. The molecule has 0 unspecified atom stereocenters. The van der Waals surface area contributed by atoms with Crippen molar-refractivity contribution in [1.82, 2.24) is 0 Å². The number of anilines is 1. The van der Waals surface area contributed by atoms with Crippen LogP contribution in [0.15, 0.2) is 72.8 Å². The summed E-state index contributed by atoms with van der Waals surface area (Å²) in [7, 11) is 0. The van der Waals surface area contributed by atoms with Gasteiger partial charge >= 0.3 is 6.09 Å². The lowest BCUT2D eigenvalue weighted by molar-refractivity contribution is 0.0635. The van der Waals surface area contributed by atoms with E-state index >= 15 is 0 Å².